The summed E-state index contributed by atoms with van der Waals surface area (Å²) >= 11 is 12.1. The molecule has 2 rings (SSSR count). The highest BCUT2D eigenvalue weighted by molar-refractivity contribution is 6.35. The molecule has 2 N–H and O–H groups in total. The van der Waals surface area contributed by atoms with Crippen molar-refractivity contribution in [3.8, 4) is 0 Å². The second-order valence-electron chi connectivity index (χ2n) is 5.07. The molecule has 1 aromatic carbocycles. The highest BCUT2D eigenvalue weighted by Crippen LogP contribution is 2.21. The first-order chi connectivity index (χ1) is 11.2. The third-order valence-corrected chi connectivity index (χ3v) is 3.96. The van der Waals surface area contributed by atoms with Gasteiger partial charge in [-0.15, -0.1) is 0 Å². The standard InChI is InChI=1S/C16H21Cl2N5/c1-19-16(22-8-10-23-9-7-20-12-23)21-6-2-3-13-4-5-14(17)11-15(13)18/h4-5,7,9,11-12H,2-3,6,8,10H2,1H3,(H2,19,21,22). The van der Waals surface area contributed by atoms with Crippen LogP contribution in [0.25, 0.3) is 0 Å². The van der Waals surface area contributed by atoms with Crippen LogP contribution in [0.2, 0.25) is 10.0 Å². The average molecular weight is 354 g/mol. The summed E-state index contributed by atoms with van der Waals surface area (Å²) < 4.78 is 2.02. The molecule has 0 fully saturated rings. The minimum Gasteiger partial charge on any atom is -0.356 e. The van der Waals surface area contributed by atoms with Crippen LogP contribution in [0.15, 0.2) is 41.9 Å². The summed E-state index contributed by atoms with van der Waals surface area (Å²) in [5.41, 5.74) is 1.11. The predicted molar refractivity (Wildman–Crippen MR) is 96.4 cm³/mol. The normalized spacial score (nSPS) is 11.5. The molecule has 1 aromatic heterocycles. The Labute approximate surface area is 146 Å². The maximum atomic E-state index is 6.17. The first-order valence-corrected chi connectivity index (χ1v) is 8.29. The summed E-state index contributed by atoms with van der Waals surface area (Å²) in [6, 6.07) is 5.62. The van der Waals surface area contributed by atoms with Crippen LogP contribution in [0.5, 0.6) is 0 Å². The van der Waals surface area contributed by atoms with E-state index in [-0.39, 0.29) is 0 Å². The molecule has 0 atom stereocenters. The minimum atomic E-state index is 0.666. The fourth-order valence-corrected chi connectivity index (χ4v) is 2.66. The van der Waals surface area contributed by atoms with Crippen LogP contribution in [-0.4, -0.2) is 35.6 Å². The molecule has 124 valence electrons. The third kappa shape index (κ3) is 6.12. The zero-order valence-electron chi connectivity index (χ0n) is 13.1. The van der Waals surface area contributed by atoms with Crippen molar-refractivity contribution < 1.29 is 0 Å². The number of aliphatic imine (C=N–C) groups is 1. The number of rotatable bonds is 7. The van der Waals surface area contributed by atoms with Gasteiger partial charge >= 0.3 is 0 Å². The van der Waals surface area contributed by atoms with Crippen molar-refractivity contribution in [2.24, 2.45) is 4.99 Å². The fourth-order valence-electron chi connectivity index (χ4n) is 2.15. The van der Waals surface area contributed by atoms with E-state index >= 15 is 0 Å². The van der Waals surface area contributed by atoms with Crippen molar-refractivity contribution in [2.75, 3.05) is 20.1 Å². The van der Waals surface area contributed by atoms with Gasteiger partial charge in [-0.1, -0.05) is 29.3 Å². The van der Waals surface area contributed by atoms with Gasteiger partial charge in [0, 0.05) is 49.1 Å². The van der Waals surface area contributed by atoms with E-state index in [4.69, 9.17) is 23.2 Å². The molecule has 0 saturated heterocycles. The van der Waals surface area contributed by atoms with Crippen LogP contribution in [0.4, 0.5) is 0 Å². The number of nitrogens with one attached hydrogen (secondary N) is 2. The number of benzene rings is 1. The van der Waals surface area contributed by atoms with E-state index in [1.807, 2.05) is 22.9 Å². The van der Waals surface area contributed by atoms with E-state index in [1.54, 1.807) is 25.6 Å². The molecule has 0 unspecified atom stereocenters. The van der Waals surface area contributed by atoms with Gasteiger partial charge in [-0.2, -0.15) is 0 Å². The molecular formula is C16H21Cl2N5. The lowest BCUT2D eigenvalue weighted by molar-refractivity contribution is 0.657. The van der Waals surface area contributed by atoms with Gasteiger partial charge in [-0.05, 0) is 30.5 Å². The van der Waals surface area contributed by atoms with Crippen molar-refractivity contribution in [1.82, 2.24) is 20.2 Å². The zero-order chi connectivity index (χ0) is 16.5. The number of hydrogen-bond acceptors (Lipinski definition) is 2. The summed E-state index contributed by atoms with van der Waals surface area (Å²) in [5, 5.41) is 7.96. The second kappa shape index (κ2) is 9.43. The van der Waals surface area contributed by atoms with Gasteiger partial charge in [0.25, 0.3) is 0 Å². The third-order valence-electron chi connectivity index (χ3n) is 3.38. The maximum Gasteiger partial charge on any atom is 0.191 e. The molecule has 2 aromatic rings. The van der Waals surface area contributed by atoms with Crippen LogP contribution < -0.4 is 10.6 Å². The van der Waals surface area contributed by atoms with Gasteiger partial charge in [0.15, 0.2) is 5.96 Å². The van der Waals surface area contributed by atoms with Gasteiger partial charge in [0.2, 0.25) is 0 Å². The molecule has 0 spiro atoms. The lowest BCUT2D eigenvalue weighted by Crippen LogP contribution is -2.39. The Kier molecular flexibility index (Phi) is 7.23. The number of nitrogens with zero attached hydrogens (tertiary/aromatic N) is 3. The first kappa shape index (κ1) is 17.6. The van der Waals surface area contributed by atoms with Gasteiger partial charge in [0.1, 0.15) is 0 Å². The zero-order valence-corrected chi connectivity index (χ0v) is 14.6. The van der Waals surface area contributed by atoms with E-state index in [0.29, 0.717) is 5.02 Å². The molecule has 0 aliphatic carbocycles. The van der Waals surface area contributed by atoms with Crippen LogP contribution in [0.1, 0.15) is 12.0 Å². The number of hydrogen-bond donors (Lipinski definition) is 2. The summed E-state index contributed by atoms with van der Waals surface area (Å²) in [6.07, 6.45) is 7.37. The van der Waals surface area contributed by atoms with Gasteiger partial charge < -0.3 is 15.2 Å². The summed E-state index contributed by atoms with van der Waals surface area (Å²) in [6.45, 7) is 2.46. The smallest absolute Gasteiger partial charge is 0.191 e. The Bertz CT molecular complexity index is 625. The van der Waals surface area contributed by atoms with Crippen LogP contribution in [0, 0.1) is 0 Å². The highest BCUT2D eigenvalue weighted by Gasteiger charge is 2.02. The number of aromatic nitrogens is 2. The Balaban J connectivity index is 1.65. The molecule has 0 aliphatic rings. The van der Waals surface area contributed by atoms with Crippen molar-refractivity contribution in [3.05, 3.63) is 52.5 Å². The number of imidazole rings is 1. The average Bonchev–Trinajstić information content (AvgIpc) is 3.04. The van der Waals surface area contributed by atoms with Gasteiger partial charge in [-0.3, -0.25) is 4.99 Å². The minimum absolute atomic E-state index is 0.666. The van der Waals surface area contributed by atoms with Gasteiger partial charge in [0.05, 0.1) is 6.33 Å². The van der Waals surface area contributed by atoms with Crippen molar-refractivity contribution >= 4 is 29.2 Å². The Morgan fingerprint density at radius 1 is 1.26 bits per heavy atom. The summed E-state index contributed by atoms with van der Waals surface area (Å²) in [7, 11) is 1.77. The molecule has 1 heterocycles. The van der Waals surface area contributed by atoms with Crippen LogP contribution >= 0.6 is 23.2 Å². The SMILES string of the molecule is CN=C(NCCCc1ccc(Cl)cc1Cl)NCCn1ccnc1. The molecule has 23 heavy (non-hydrogen) atoms. The Morgan fingerprint density at radius 2 is 2.09 bits per heavy atom. The predicted octanol–water partition coefficient (Wildman–Crippen LogP) is 2.99. The van der Waals surface area contributed by atoms with E-state index in [2.05, 4.69) is 20.6 Å². The number of halogens is 2. The Morgan fingerprint density at radius 3 is 2.78 bits per heavy atom. The fraction of sp³-hybridized carbons (Fsp3) is 0.375. The lowest BCUT2D eigenvalue weighted by Gasteiger charge is -2.12. The van der Waals surface area contributed by atoms with E-state index in [9.17, 15) is 0 Å². The monoisotopic (exact) mass is 353 g/mol. The molecular weight excluding hydrogens is 333 g/mol. The Hall–Kier alpha value is -1.72. The summed E-state index contributed by atoms with van der Waals surface area (Å²) in [5.74, 6) is 0.798. The first-order valence-electron chi connectivity index (χ1n) is 7.53. The molecule has 0 radical (unpaired) electrons. The number of guanidine groups is 1. The molecule has 0 aliphatic heterocycles. The number of aryl methyl sites for hydroxylation is 1. The van der Waals surface area contributed by atoms with Crippen LogP contribution in [0.3, 0.4) is 0 Å². The van der Waals surface area contributed by atoms with Crippen molar-refractivity contribution in [2.45, 2.75) is 19.4 Å². The molecule has 0 bridgehead atoms. The second-order valence-corrected chi connectivity index (χ2v) is 5.91. The molecule has 7 heteroatoms. The summed E-state index contributed by atoms with van der Waals surface area (Å²) in [4.78, 5) is 8.22. The molecule has 0 amide bonds. The largest absolute Gasteiger partial charge is 0.356 e. The van der Waals surface area contributed by atoms with Crippen molar-refractivity contribution in [3.63, 3.8) is 0 Å². The van der Waals surface area contributed by atoms with Crippen LogP contribution in [-0.2, 0) is 13.0 Å². The quantitative estimate of drug-likeness (QED) is 0.457. The highest BCUT2D eigenvalue weighted by atomic mass is 35.5. The van der Waals surface area contributed by atoms with E-state index in [1.165, 1.54) is 0 Å². The molecule has 5 nitrogen and oxygen atoms in total. The van der Waals surface area contributed by atoms with Gasteiger partial charge in [-0.25, -0.2) is 4.98 Å². The topological polar surface area (TPSA) is 54.2 Å². The lowest BCUT2D eigenvalue weighted by atomic mass is 10.1. The van der Waals surface area contributed by atoms with E-state index in [0.717, 1.165) is 49.0 Å². The maximum absolute atomic E-state index is 6.17. The molecule has 0 saturated carbocycles. The van der Waals surface area contributed by atoms with Crippen molar-refractivity contribution in [1.29, 1.82) is 0 Å². The van der Waals surface area contributed by atoms with E-state index < -0.39 is 0 Å².